The predicted molar refractivity (Wildman–Crippen MR) is 61.3 cm³/mol. The minimum Gasteiger partial charge on any atom is -0.465 e. The van der Waals surface area contributed by atoms with Gasteiger partial charge in [-0.25, -0.2) is 4.79 Å². The molecule has 0 amide bonds. The Morgan fingerprint density at radius 3 is 2.67 bits per heavy atom. The van der Waals surface area contributed by atoms with Crippen molar-refractivity contribution in [1.29, 1.82) is 0 Å². The Balaban J connectivity index is 3.01. The standard InChI is InChI=1S/C12H15ClO2/c1-3-4-9-5-6-10(12(14)15-2)7-11(9)8-13/h5-7H,3-4,8H2,1-2H3. The van der Waals surface area contributed by atoms with Crippen LogP contribution in [0, 0.1) is 0 Å². The number of methoxy groups -OCH3 is 1. The second-order valence-corrected chi connectivity index (χ2v) is 3.63. The fourth-order valence-corrected chi connectivity index (χ4v) is 1.76. The average molecular weight is 227 g/mol. The van der Waals surface area contributed by atoms with Crippen LogP contribution in [-0.4, -0.2) is 13.1 Å². The number of carbonyl (C=O) groups excluding carboxylic acids is 1. The van der Waals surface area contributed by atoms with E-state index in [1.807, 2.05) is 12.1 Å². The quantitative estimate of drug-likeness (QED) is 0.582. The zero-order valence-corrected chi connectivity index (χ0v) is 9.80. The summed E-state index contributed by atoms with van der Waals surface area (Å²) in [5, 5.41) is 0. The maximum Gasteiger partial charge on any atom is 0.337 e. The summed E-state index contributed by atoms with van der Waals surface area (Å²) in [7, 11) is 1.38. The van der Waals surface area contributed by atoms with Gasteiger partial charge in [-0.3, -0.25) is 0 Å². The molecule has 0 aliphatic rings. The van der Waals surface area contributed by atoms with Gasteiger partial charge in [-0.1, -0.05) is 19.4 Å². The molecule has 0 bridgehead atoms. The molecule has 15 heavy (non-hydrogen) atoms. The van der Waals surface area contributed by atoms with Gasteiger partial charge in [0, 0.05) is 5.88 Å². The van der Waals surface area contributed by atoms with Gasteiger partial charge in [-0.2, -0.15) is 0 Å². The molecule has 0 unspecified atom stereocenters. The lowest BCUT2D eigenvalue weighted by Crippen LogP contribution is -2.03. The largest absolute Gasteiger partial charge is 0.465 e. The second kappa shape index (κ2) is 5.76. The van der Waals surface area contributed by atoms with E-state index in [2.05, 4.69) is 11.7 Å². The van der Waals surface area contributed by atoms with E-state index in [9.17, 15) is 4.79 Å². The van der Waals surface area contributed by atoms with Crippen molar-refractivity contribution in [3.63, 3.8) is 0 Å². The molecular weight excluding hydrogens is 212 g/mol. The minimum atomic E-state index is -0.315. The minimum absolute atomic E-state index is 0.315. The third-order valence-electron chi connectivity index (χ3n) is 2.29. The zero-order valence-electron chi connectivity index (χ0n) is 9.05. The molecule has 0 atom stereocenters. The normalized spacial score (nSPS) is 10.1. The molecule has 0 aromatic heterocycles. The summed E-state index contributed by atoms with van der Waals surface area (Å²) < 4.78 is 4.65. The third-order valence-corrected chi connectivity index (χ3v) is 2.58. The van der Waals surface area contributed by atoms with Crippen LogP contribution in [0.15, 0.2) is 18.2 Å². The molecular formula is C12H15ClO2. The molecule has 0 spiro atoms. The smallest absolute Gasteiger partial charge is 0.337 e. The number of halogens is 1. The van der Waals surface area contributed by atoms with Crippen molar-refractivity contribution in [1.82, 2.24) is 0 Å². The molecule has 2 nitrogen and oxygen atoms in total. The topological polar surface area (TPSA) is 26.3 Å². The number of benzene rings is 1. The Bertz CT molecular complexity index is 347. The first kappa shape index (κ1) is 12.1. The number of hydrogen-bond donors (Lipinski definition) is 0. The Hall–Kier alpha value is -1.02. The molecule has 0 N–H and O–H groups in total. The monoisotopic (exact) mass is 226 g/mol. The van der Waals surface area contributed by atoms with Crippen molar-refractivity contribution in [3.8, 4) is 0 Å². The van der Waals surface area contributed by atoms with E-state index in [0.29, 0.717) is 11.4 Å². The van der Waals surface area contributed by atoms with Crippen LogP contribution in [0.2, 0.25) is 0 Å². The molecule has 0 heterocycles. The van der Waals surface area contributed by atoms with E-state index in [4.69, 9.17) is 11.6 Å². The van der Waals surface area contributed by atoms with E-state index in [-0.39, 0.29) is 5.97 Å². The van der Waals surface area contributed by atoms with Gasteiger partial charge in [0.2, 0.25) is 0 Å². The lowest BCUT2D eigenvalue weighted by Gasteiger charge is -2.07. The average Bonchev–Trinajstić information content (AvgIpc) is 2.29. The fourth-order valence-electron chi connectivity index (χ4n) is 1.51. The van der Waals surface area contributed by atoms with Gasteiger partial charge < -0.3 is 4.74 Å². The molecule has 3 heteroatoms. The van der Waals surface area contributed by atoms with Crippen molar-refractivity contribution in [2.24, 2.45) is 0 Å². The van der Waals surface area contributed by atoms with Crippen molar-refractivity contribution >= 4 is 17.6 Å². The molecule has 1 aromatic rings. The molecule has 0 saturated heterocycles. The highest BCUT2D eigenvalue weighted by Gasteiger charge is 2.08. The van der Waals surface area contributed by atoms with E-state index in [1.54, 1.807) is 6.07 Å². The predicted octanol–water partition coefficient (Wildman–Crippen LogP) is 3.16. The van der Waals surface area contributed by atoms with E-state index in [0.717, 1.165) is 18.4 Å². The summed E-state index contributed by atoms with van der Waals surface area (Å²) in [4.78, 5) is 11.3. The van der Waals surface area contributed by atoms with Gasteiger partial charge in [-0.15, -0.1) is 11.6 Å². The number of aryl methyl sites for hydroxylation is 1. The lowest BCUT2D eigenvalue weighted by molar-refractivity contribution is 0.0600. The van der Waals surface area contributed by atoms with Crippen LogP contribution in [0.5, 0.6) is 0 Å². The summed E-state index contributed by atoms with van der Waals surface area (Å²) in [6.07, 6.45) is 2.06. The highest BCUT2D eigenvalue weighted by atomic mass is 35.5. The van der Waals surface area contributed by atoms with Gasteiger partial charge in [0.25, 0.3) is 0 Å². The Labute approximate surface area is 95.2 Å². The van der Waals surface area contributed by atoms with Crippen molar-refractivity contribution in [3.05, 3.63) is 34.9 Å². The summed E-state index contributed by atoms with van der Waals surface area (Å²) in [5.74, 6) is 0.115. The fraction of sp³-hybridized carbons (Fsp3) is 0.417. The number of carbonyl (C=O) groups is 1. The zero-order chi connectivity index (χ0) is 11.3. The molecule has 0 saturated carbocycles. The van der Waals surface area contributed by atoms with Crippen LogP contribution in [0.25, 0.3) is 0 Å². The highest BCUT2D eigenvalue weighted by molar-refractivity contribution is 6.17. The van der Waals surface area contributed by atoms with Gasteiger partial charge in [-0.05, 0) is 29.7 Å². The molecule has 0 aliphatic carbocycles. The first-order valence-corrected chi connectivity index (χ1v) is 5.52. The SMILES string of the molecule is CCCc1ccc(C(=O)OC)cc1CCl. The van der Waals surface area contributed by atoms with E-state index >= 15 is 0 Å². The molecule has 1 aromatic carbocycles. The third kappa shape index (κ3) is 2.96. The number of ether oxygens (including phenoxy) is 1. The highest BCUT2D eigenvalue weighted by Crippen LogP contribution is 2.16. The van der Waals surface area contributed by atoms with Crippen LogP contribution in [0.4, 0.5) is 0 Å². The van der Waals surface area contributed by atoms with Crippen LogP contribution in [0.1, 0.15) is 34.8 Å². The molecule has 82 valence electrons. The molecule has 1 rings (SSSR count). The van der Waals surface area contributed by atoms with Crippen LogP contribution >= 0.6 is 11.6 Å². The maximum atomic E-state index is 11.3. The van der Waals surface area contributed by atoms with Crippen LogP contribution in [-0.2, 0) is 17.0 Å². The van der Waals surface area contributed by atoms with Gasteiger partial charge >= 0.3 is 5.97 Å². The van der Waals surface area contributed by atoms with Crippen molar-refractivity contribution in [2.75, 3.05) is 7.11 Å². The Kier molecular flexibility index (Phi) is 4.63. The molecule has 0 fully saturated rings. The Morgan fingerprint density at radius 2 is 2.13 bits per heavy atom. The molecule has 0 radical (unpaired) electrons. The van der Waals surface area contributed by atoms with Crippen molar-refractivity contribution in [2.45, 2.75) is 25.6 Å². The van der Waals surface area contributed by atoms with Crippen LogP contribution < -0.4 is 0 Å². The first-order chi connectivity index (χ1) is 7.22. The van der Waals surface area contributed by atoms with Gasteiger partial charge in [0.05, 0.1) is 12.7 Å². The Morgan fingerprint density at radius 1 is 1.40 bits per heavy atom. The van der Waals surface area contributed by atoms with Crippen LogP contribution in [0.3, 0.4) is 0 Å². The second-order valence-electron chi connectivity index (χ2n) is 3.36. The summed E-state index contributed by atoms with van der Waals surface area (Å²) in [6.45, 7) is 2.12. The maximum absolute atomic E-state index is 11.3. The van der Waals surface area contributed by atoms with Crippen molar-refractivity contribution < 1.29 is 9.53 Å². The first-order valence-electron chi connectivity index (χ1n) is 4.99. The molecule has 0 aliphatic heterocycles. The number of alkyl halides is 1. The van der Waals surface area contributed by atoms with E-state index in [1.165, 1.54) is 12.7 Å². The summed E-state index contributed by atoms with van der Waals surface area (Å²) in [6, 6.07) is 5.55. The number of hydrogen-bond acceptors (Lipinski definition) is 2. The van der Waals surface area contributed by atoms with Gasteiger partial charge in [0.1, 0.15) is 0 Å². The number of esters is 1. The lowest BCUT2D eigenvalue weighted by atomic mass is 10.0. The summed E-state index contributed by atoms with van der Waals surface area (Å²) >= 11 is 5.84. The summed E-state index contributed by atoms with van der Waals surface area (Å²) in [5.41, 5.74) is 2.79. The number of rotatable bonds is 4. The van der Waals surface area contributed by atoms with Gasteiger partial charge in [0.15, 0.2) is 0 Å². The van der Waals surface area contributed by atoms with E-state index < -0.39 is 0 Å².